The summed E-state index contributed by atoms with van der Waals surface area (Å²) in [5.74, 6) is 0.126. The third-order valence-corrected chi connectivity index (χ3v) is 4.04. The molecule has 0 atom stereocenters. The number of carbonyl (C=O) groups excluding carboxylic acids is 2. The zero-order chi connectivity index (χ0) is 16.8. The van der Waals surface area contributed by atoms with Gasteiger partial charge in [0.1, 0.15) is 0 Å². The van der Waals surface area contributed by atoms with Gasteiger partial charge in [-0.15, -0.1) is 0 Å². The van der Waals surface area contributed by atoms with Gasteiger partial charge in [0.05, 0.1) is 6.54 Å². The number of benzene rings is 2. The van der Waals surface area contributed by atoms with Crippen molar-refractivity contribution in [3.8, 4) is 0 Å². The monoisotopic (exact) mass is 323 g/mol. The molecule has 2 N–H and O–H groups in total. The molecule has 2 aromatic carbocycles. The predicted octanol–water partition coefficient (Wildman–Crippen LogP) is 2.54. The second-order valence-corrected chi connectivity index (χ2v) is 5.81. The average molecular weight is 323 g/mol. The van der Waals surface area contributed by atoms with E-state index in [1.165, 1.54) is 0 Å². The van der Waals surface area contributed by atoms with E-state index < -0.39 is 0 Å². The number of nitrogens with zero attached hydrogens (tertiary/aromatic N) is 1. The lowest BCUT2D eigenvalue weighted by molar-refractivity contribution is -0.119. The molecule has 0 aromatic heterocycles. The predicted molar refractivity (Wildman–Crippen MR) is 94.8 cm³/mol. The summed E-state index contributed by atoms with van der Waals surface area (Å²) in [5.41, 5.74) is 2.86. The fraction of sp³-hybridized carbons (Fsp3) is 0.263. The molecule has 5 nitrogen and oxygen atoms in total. The Morgan fingerprint density at radius 2 is 1.79 bits per heavy atom. The summed E-state index contributed by atoms with van der Waals surface area (Å²) in [5, 5.41) is 5.96. The summed E-state index contributed by atoms with van der Waals surface area (Å²) in [6.07, 6.45) is 1.55. The highest BCUT2D eigenvalue weighted by molar-refractivity contribution is 5.95. The molecular weight excluding hydrogens is 302 g/mol. The SMILES string of the molecule is O=C(CNc1ccccc1)NCc1ccc(N2CCCC2=O)cc1. The lowest BCUT2D eigenvalue weighted by atomic mass is 10.2. The molecule has 124 valence electrons. The van der Waals surface area contributed by atoms with Crippen LogP contribution in [0.1, 0.15) is 18.4 Å². The molecule has 1 aliphatic heterocycles. The Morgan fingerprint density at radius 3 is 2.46 bits per heavy atom. The van der Waals surface area contributed by atoms with Crippen LogP contribution in [0.2, 0.25) is 0 Å². The quantitative estimate of drug-likeness (QED) is 0.859. The summed E-state index contributed by atoms with van der Waals surface area (Å²) >= 11 is 0. The zero-order valence-electron chi connectivity index (χ0n) is 13.5. The van der Waals surface area contributed by atoms with Crippen LogP contribution in [0, 0.1) is 0 Å². The molecule has 0 bridgehead atoms. The van der Waals surface area contributed by atoms with Gasteiger partial charge in [-0.25, -0.2) is 0 Å². The maximum absolute atomic E-state index is 11.9. The Hall–Kier alpha value is -2.82. The van der Waals surface area contributed by atoms with Gasteiger partial charge < -0.3 is 15.5 Å². The van der Waals surface area contributed by atoms with Gasteiger partial charge in [-0.2, -0.15) is 0 Å². The molecule has 0 radical (unpaired) electrons. The molecule has 0 aliphatic carbocycles. The van der Waals surface area contributed by atoms with Crippen molar-refractivity contribution in [1.29, 1.82) is 0 Å². The van der Waals surface area contributed by atoms with Gasteiger partial charge in [0.15, 0.2) is 0 Å². The first-order chi connectivity index (χ1) is 11.7. The summed E-state index contributed by atoms with van der Waals surface area (Å²) < 4.78 is 0. The van der Waals surface area contributed by atoms with E-state index >= 15 is 0 Å². The molecule has 2 aromatic rings. The fourth-order valence-electron chi connectivity index (χ4n) is 2.72. The van der Waals surface area contributed by atoms with E-state index in [0.717, 1.165) is 29.9 Å². The van der Waals surface area contributed by atoms with E-state index in [0.29, 0.717) is 13.0 Å². The van der Waals surface area contributed by atoms with Crippen molar-refractivity contribution in [2.24, 2.45) is 0 Å². The topological polar surface area (TPSA) is 61.4 Å². The number of amides is 2. The Bertz CT molecular complexity index is 698. The smallest absolute Gasteiger partial charge is 0.239 e. The molecule has 0 spiro atoms. The first-order valence-corrected chi connectivity index (χ1v) is 8.17. The minimum absolute atomic E-state index is 0.0577. The third kappa shape index (κ3) is 4.13. The minimum atomic E-state index is -0.0577. The molecule has 1 fully saturated rings. The molecule has 0 saturated carbocycles. The van der Waals surface area contributed by atoms with E-state index in [1.54, 1.807) is 0 Å². The number of hydrogen-bond donors (Lipinski definition) is 2. The maximum atomic E-state index is 11.9. The number of para-hydroxylation sites is 1. The average Bonchev–Trinajstić information content (AvgIpc) is 3.05. The Balaban J connectivity index is 1.46. The second kappa shape index (κ2) is 7.64. The maximum Gasteiger partial charge on any atom is 0.239 e. The highest BCUT2D eigenvalue weighted by Gasteiger charge is 2.21. The summed E-state index contributed by atoms with van der Waals surface area (Å²) in [6, 6.07) is 17.4. The van der Waals surface area contributed by atoms with Crippen molar-refractivity contribution < 1.29 is 9.59 Å². The number of nitrogens with one attached hydrogen (secondary N) is 2. The van der Waals surface area contributed by atoms with Crippen LogP contribution >= 0.6 is 0 Å². The molecule has 24 heavy (non-hydrogen) atoms. The fourth-order valence-corrected chi connectivity index (χ4v) is 2.72. The molecule has 5 heteroatoms. The minimum Gasteiger partial charge on any atom is -0.376 e. The van der Waals surface area contributed by atoms with Crippen molar-refractivity contribution in [3.63, 3.8) is 0 Å². The van der Waals surface area contributed by atoms with Crippen molar-refractivity contribution in [1.82, 2.24) is 5.32 Å². The normalized spacial score (nSPS) is 13.8. The van der Waals surface area contributed by atoms with Gasteiger partial charge in [0, 0.05) is 30.9 Å². The van der Waals surface area contributed by atoms with Crippen LogP contribution < -0.4 is 15.5 Å². The molecule has 0 unspecified atom stereocenters. The van der Waals surface area contributed by atoms with Gasteiger partial charge in [0.2, 0.25) is 11.8 Å². The Kier molecular flexibility index (Phi) is 5.11. The van der Waals surface area contributed by atoms with Gasteiger partial charge in [-0.3, -0.25) is 9.59 Å². The van der Waals surface area contributed by atoms with E-state index in [9.17, 15) is 9.59 Å². The van der Waals surface area contributed by atoms with Crippen LogP contribution in [-0.2, 0) is 16.1 Å². The molecule has 2 amide bonds. The lowest BCUT2D eigenvalue weighted by Crippen LogP contribution is -2.29. The van der Waals surface area contributed by atoms with Crippen LogP contribution in [0.5, 0.6) is 0 Å². The largest absolute Gasteiger partial charge is 0.376 e. The number of rotatable bonds is 6. The Labute approximate surface area is 141 Å². The van der Waals surface area contributed by atoms with E-state index in [4.69, 9.17) is 0 Å². The Morgan fingerprint density at radius 1 is 1.04 bits per heavy atom. The molecule has 1 heterocycles. The molecule has 1 saturated heterocycles. The van der Waals surface area contributed by atoms with E-state index in [-0.39, 0.29) is 18.4 Å². The van der Waals surface area contributed by atoms with Crippen molar-refractivity contribution >= 4 is 23.2 Å². The summed E-state index contributed by atoms with van der Waals surface area (Å²) in [6.45, 7) is 1.51. The van der Waals surface area contributed by atoms with Gasteiger partial charge in [0.25, 0.3) is 0 Å². The van der Waals surface area contributed by atoms with Crippen LogP contribution in [-0.4, -0.2) is 24.9 Å². The van der Waals surface area contributed by atoms with E-state index in [2.05, 4.69) is 10.6 Å². The van der Waals surface area contributed by atoms with Crippen LogP contribution in [0.25, 0.3) is 0 Å². The summed E-state index contributed by atoms with van der Waals surface area (Å²) in [7, 11) is 0. The van der Waals surface area contributed by atoms with Crippen molar-refractivity contribution in [2.75, 3.05) is 23.3 Å². The van der Waals surface area contributed by atoms with Crippen LogP contribution in [0.15, 0.2) is 54.6 Å². The number of anilines is 2. The van der Waals surface area contributed by atoms with Gasteiger partial charge in [-0.1, -0.05) is 30.3 Å². The standard InChI is InChI=1S/C19H21N3O2/c23-18(14-20-16-5-2-1-3-6-16)21-13-15-8-10-17(11-9-15)22-12-4-7-19(22)24/h1-3,5-6,8-11,20H,4,7,12-14H2,(H,21,23). The van der Waals surface area contributed by atoms with E-state index in [1.807, 2.05) is 59.5 Å². The lowest BCUT2D eigenvalue weighted by Gasteiger charge is -2.16. The van der Waals surface area contributed by atoms with Crippen LogP contribution in [0.4, 0.5) is 11.4 Å². The van der Waals surface area contributed by atoms with Crippen molar-refractivity contribution in [2.45, 2.75) is 19.4 Å². The highest BCUT2D eigenvalue weighted by atomic mass is 16.2. The highest BCUT2D eigenvalue weighted by Crippen LogP contribution is 2.21. The number of carbonyl (C=O) groups is 2. The van der Waals surface area contributed by atoms with Gasteiger partial charge >= 0.3 is 0 Å². The first kappa shape index (κ1) is 16.1. The number of hydrogen-bond acceptors (Lipinski definition) is 3. The zero-order valence-corrected chi connectivity index (χ0v) is 13.5. The molecular formula is C19H21N3O2. The third-order valence-electron chi connectivity index (χ3n) is 4.04. The molecule has 1 aliphatic rings. The second-order valence-electron chi connectivity index (χ2n) is 5.81. The first-order valence-electron chi connectivity index (χ1n) is 8.17. The van der Waals surface area contributed by atoms with Crippen LogP contribution in [0.3, 0.4) is 0 Å². The van der Waals surface area contributed by atoms with Crippen molar-refractivity contribution in [3.05, 3.63) is 60.2 Å². The summed E-state index contributed by atoms with van der Waals surface area (Å²) in [4.78, 5) is 25.4. The van der Waals surface area contributed by atoms with Gasteiger partial charge in [-0.05, 0) is 36.2 Å². The molecule has 3 rings (SSSR count).